The van der Waals surface area contributed by atoms with Gasteiger partial charge in [0.2, 0.25) is 0 Å². The minimum Gasteiger partial charge on any atom is -0.481 e. The smallest absolute Gasteiger partial charge is 0.317 e. The number of urea groups is 1. The summed E-state index contributed by atoms with van der Waals surface area (Å²) in [5, 5.41) is 19.1. The minimum atomic E-state index is -0.829. The van der Waals surface area contributed by atoms with E-state index in [1.807, 2.05) is 26.8 Å². The van der Waals surface area contributed by atoms with Crippen LogP contribution >= 0.6 is 0 Å². The van der Waals surface area contributed by atoms with Crippen molar-refractivity contribution in [2.45, 2.75) is 39.7 Å². The Labute approximate surface area is 130 Å². The first-order chi connectivity index (χ1) is 10.3. The average molecular weight is 308 g/mol. The van der Waals surface area contributed by atoms with Crippen LogP contribution in [0.25, 0.3) is 0 Å². The number of carbonyl (C=O) groups excluding carboxylic acids is 1. The lowest BCUT2D eigenvalue weighted by molar-refractivity contribution is -0.143. The third-order valence-corrected chi connectivity index (χ3v) is 3.94. The summed E-state index contributed by atoms with van der Waals surface area (Å²) in [5.74, 6) is -1.10. The molecule has 7 heteroatoms. The number of likely N-dealkylation sites (tertiary alicyclic amines) is 1. The fourth-order valence-corrected chi connectivity index (χ4v) is 2.94. The molecule has 0 aromatic carbocycles. The number of rotatable bonds is 4. The molecule has 1 aromatic rings. The minimum absolute atomic E-state index is 0.0595. The first-order valence-corrected chi connectivity index (χ1v) is 7.64. The number of aliphatic carboxylic acids is 1. The summed E-state index contributed by atoms with van der Waals surface area (Å²) in [6, 6.07) is 1.69. The molecule has 1 aliphatic heterocycles. The molecular weight excluding hydrogens is 284 g/mol. The maximum atomic E-state index is 12.3. The van der Waals surface area contributed by atoms with Crippen molar-refractivity contribution in [1.29, 1.82) is 0 Å². The molecule has 2 rings (SSSR count). The van der Waals surface area contributed by atoms with Gasteiger partial charge in [0.05, 0.1) is 11.6 Å². The van der Waals surface area contributed by atoms with Gasteiger partial charge in [0.25, 0.3) is 0 Å². The third-order valence-electron chi connectivity index (χ3n) is 3.94. The van der Waals surface area contributed by atoms with E-state index in [4.69, 9.17) is 5.11 Å². The van der Waals surface area contributed by atoms with Crippen molar-refractivity contribution in [3.05, 3.63) is 17.5 Å². The lowest BCUT2D eigenvalue weighted by atomic mass is 9.91. The van der Waals surface area contributed by atoms with Gasteiger partial charge in [0.15, 0.2) is 0 Å². The van der Waals surface area contributed by atoms with E-state index in [1.165, 1.54) is 0 Å². The van der Waals surface area contributed by atoms with Crippen molar-refractivity contribution in [3.8, 4) is 0 Å². The normalized spacial score (nSPS) is 23.1. The molecule has 0 saturated carbocycles. The number of amides is 2. The summed E-state index contributed by atoms with van der Waals surface area (Å²) >= 11 is 0. The van der Waals surface area contributed by atoms with Crippen molar-refractivity contribution < 1.29 is 14.7 Å². The molecule has 2 amide bonds. The number of carbonyl (C=O) groups is 2. The molecule has 3 unspecified atom stereocenters. The SMILES string of the molecule is Cc1cc(CC(C)NC(=O)N2CC(C)CC(C(=O)O)C2)n[nH]1. The second-order valence-corrected chi connectivity index (χ2v) is 6.38. The molecule has 1 aliphatic rings. The van der Waals surface area contributed by atoms with Crippen LogP contribution in [0.2, 0.25) is 0 Å². The second kappa shape index (κ2) is 6.81. The first-order valence-electron chi connectivity index (χ1n) is 7.64. The lowest BCUT2D eigenvalue weighted by Gasteiger charge is -2.35. The van der Waals surface area contributed by atoms with Gasteiger partial charge in [-0.2, -0.15) is 5.10 Å². The summed E-state index contributed by atoms with van der Waals surface area (Å²) in [4.78, 5) is 25.1. The van der Waals surface area contributed by atoms with Crippen molar-refractivity contribution in [1.82, 2.24) is 20.4 Å². The van der Waals surface area contributed by atoms with Crippen LogP contribution in [0.3, 0.4) is 0 Å². The Morgan fingerprint density at radius 1 is 1.55 bits per heavy atom. The zero-order valence-corrected chi connectivity index (χ0v) is 13.3. The Bertz CT molecular complexity index is 543. The number of nitrogens with one attached hydrogen (secondary N) is 2. The highest BCUT2D eigenvalue weighted by Crippen LogP contribution is 2.21. The molecule has 1 aromatic heterocycles. The van der Waals surface area contributed by atoms with E-state index in [0.29, 0.717) is 19.4 Å². The molecule has 0 spiro atoms. The van der Waals surface area contributed by atoms with Crippen LogP contribution in [0.1, 0.15) is 31.7 Å². The number of hydrogen-bond donors (Lipinski definition) is 3. The number of aryl methyl sites for hydroxylation is 1. The summed E-state index contributed by atoms with van der Waals surface area (Å²) in [7, 11) is 0. The third kappa shape index (κ3) is 4.22. The zero-order valence-electron chi connectivity index (χ0n) is 13.3. The molecule has 2 heterocycles. The van der Waals surface area contributed by atoms with Crippen LogP contribution in [0.4, 0.5) is 4.79 Å². The Kier molecular flexibility index (Phi) is 5.05. The van der Waals surface area contributed by atoms with Gasteiger partial charge in [-0.1, -0.05) is 6.92 Å². The van der Waals surface area contributed by atoms with Gasteiger partial charge in [0, 0.05) is 31.2 Å². The van der Waals surface area contributed by atoms with Crippen LogP contribution < -0.4 is 5.32 Å². The Morgan fingerprint density at radius 2 is 2.27 bits per heavy atom. The Morgan fingerprint density at radius 3 is 2.86 bits per heavy atom. The molecule has 22 heavy (non-hydrogen) atoms. The van der Waals surface area contributed by atoms with Crippen LogP contribution in [0.5, 0.6) is 0 Å². The number of carboxylic acids is 1. The molecule has 7 nitrogen and oxygen atoms in total. The molecule has 122 valence electrons. The molecule has 1 fully saturated rings. The van der Waals surface area contributed by atoms with Crippen LogP contribution in [-0.4, -0.2) is 51.3 Å². The Hall–Kier alpha value is -2.05. The van der Waals surface area contributed by atoms with Crippen molar-refractivity contribution in [3.63, 3.8) is 0 Å². The number of hydrogen-bond acceptors (Lipinski definition) is 3. The van der Waals surface area contributed by atoms with E-state index in [9.17, 15) is 9.59 Å². The zero-order chi connectivity index (χ0) is 16.3. The van der Waals surface area contributed by atoms with Gasteiger partial charge in [-0.25, -0.2) is 4.79 Å². The van der Waals surface area contributed by atoms with Crippen molar-refractivity contribution in [2.75, 3.05) is 13.1 Å². The topological polar surface area (TPSA) is 98.3 Å². The molecule has 3 N–H and O–H groups in total. The molecule has 0 radical (unpaired) electrons. The van der Waals surface area contributed by atoms with E-state index in [0.717, 1.165) is 11.4 Å². The molecule has 0 bridgehead atoms. The lowest BCUT2D eigenvalue weighted by Crippen LogP contribution is -2.51. The van der Waals surface area contributed by atoms with E-state index in [2.05, 4.69) is 15.5 Å². The van der Waals surface area contributed by atoms with Gasteiger partial charge >= 0.3 is 12.0 Å². The fourth-order valence-electron chi connectivity index (χ4n) is 2.94. The number of aromatic nitrogens is 2. The number of nitrogens with zero attached hydrogens (tertiary/aromatic N) is 2. The summed E-state index contributed by atoms with van der Waals surface area (Å²) in [6.45, 7) is 6.71. The summed E-state index contributed by atoms with van der Waals surface area (Å²) in [6.07, 6.45) is 1.27. The average Bonchev–Trinajstić information content (AvgIpc) is 2.83. The van der Waals surface area contributed by atoms with Crippen LogP contribution in [0.15, 0.2) is 6.07 Å². The molecular formula is C15H24N4O3. The Balaban J connectivity index is 1.89. The van der Waals surface area contributed by atoms with Crippen molar-refractivity contribution >= 4 is 12.0 Å². The van der Waals surface area contributed by atoms with Gasteiger partial charge in [-0.15, -0.1) is 0 Å². The maximum Gasteiger partial charge on any atom is 0.317 e. The monoisotopic (exact) mass is 308 g/mol. The number of aromatic amines is 1. The highest BCUT2D eigenvalue weighted by molar-refractivity contribution is 5.76. The number of piperidine rings is 1. The van der Waals surface area contributed by atoms with Crippen molar-refractivity contribution in [2.24, 2.45) is 11.8 Å². The number of carboxylic acid groups (broad SMARTS) is 1. The predicted molar refractivity (Wildman–Crippen MR) is 81.5 cm³/mol. The fraction of sp³-hybridized carbons (Fsp3) is 0.667. The summed E-state index contributed by atoms with van der Waals surface area (Å²) < 4.78 is 0. The maximum absolute atomic E-state index is 12.3. The van der Waals surface area contributed by atoms with E-state index in [-0.39, 0.29) is 24.5 Å². The second-order valence-electron chi connectivity index (χ2n) is 6.38. The highest BCUT2D eigenvalue weighted by atomic mass is 16.4. The highest BCUT2D eigenvalue weighted by Gasteiger charge is 2.32. The summed E-state index contributed by atoms with van der Waals surface area (Å²) in [5.41, 5.74) is 1.89. The van der Waals surface area contributed by atoms with Gasteiger partial charge < -0.3 is 15.3 Å². The van der Waals surface area contributed by atoms with Gasteiger partial charge in [-0.3, -0.25) is 9.89 Å². The van der Waals surface area contributed by atoms with Crippen LogP contribution in [0, 0.1) is 18.8 Å². The number of H-pyrrole nitrogens is 1. The van der Waals surface area contributed by atoms with Gasteiger partial charge in [-0.05, 0) is 32.3 Å². The van der Waals surface area contributed by atoms with E-state index < -0.39 is 11.9 Å². The molecule has 0 aliphatic carbocycles. The molecule has 3 atom stereocenters. The quantitative estimate of drug-likeness (QED) is 0.783. The van der Waals surface area contributed by atoms with E-state index >= 15 is 0 Å². The van der Waals surface area contributed by atoms with E-state index in [1.54, 1.807) is 4.90 Å². The predicted octanol–water partition coefficient (Wildman–Crippen LogP) is 1.40. The largest absolute Gasteiger partial charge is 0.481 e. The molecule has 1 saturated heterocycles. The first kappa shape index (κ1) is 16.3. The van der Waals surface area contributed by atoms with Gasteiger partial charge in [0.1, 0.15) is 0 Å². The van der Waals surface area contributed by atoms with Crippen LogP contribution in [-0.2, 0) is 11.2 Å². The standard InChI is InChI=1S/C15H24N4O3/c1-9-4-12(14(20)21)8-19(7-9)15(22)16-10(2)5-13-6-11(3)17-18-13/h6,9-10,12H,4-5,7-8H2,1-3H3,(H,16,22)(H,17,18)(H,20,21).